The van der Waals surface area contributed by atoms with Gasteiger partial charge in [0.25, 0.3) is 0 Å². The van der Waals surface area contributed by atoms with Crippen LogP contribution in [-0.4, -0.2) is 39.8 Å². The maximum Gasteiger partial charge on any atom is 0.243 e. The number of para-hydroxylation sites is 2. The van der Waals surface area contributed by atoms with Gasteiger partial charge in [0, 0.05) is 0 Å². The first-order valence-electron chi connectivity index (χ1n) is 11.5. The highest BCUT2D eigenvalue weighted by molar-refractivity contribution is 7.92. The third-order valence-electron chi connectivity index (χ3n) is 5.36. The number of carbonyl (C=O) groups is 1. The molecule has 3 aromatic carbocycles. The minimum absolute atomic E-state index is 0.247. The Morgan fingerprint density at radius 2 is 1.49 bits per heavy atom. The van der Waals surface area contributed by atoms with Crippen molar-refractivity contribution in [1.29, 1.82) is 0 Å². The van der Waals surface area contributed by atoms with Gasteiger partial charge in [-0.2, -0.15) is 0 Å². The smallest absolute Gasteiger partial charge is 0.243 e. The van der Waals surface area contributed by atoms with Crippen LogP contribution in [0.4, 0.5) is 5.69 Å². The highest BCUT2D eigenvalue weighted by Gasteiger charge is 2.29. The van der Waals surface area contributed by atoms with Crippen molar-refractivity contribution in [2.45, 2.75) is 32.7 Å². The van der Waals surface area contributed by atoms with E-state index in [1.165, 1.54) is 0 Å². The number of hydrogen-bond acceptors (Lipinski definition) is 5. The molecule has 0 aliphatic heterocycles. The molecule has 3 rings (SSSR count). The van der Waals surface area contributed by atoms with Crippen molar-refractivity contribution in [2.75, 3.05) is 23.7 Å². The summed E-state index contributed by atoms with van der Waals surface area (Å²) in [6.45, 7) is 6.25. The van der Waals surface area contributed by atoms with Crippen molar-refractivity contribution in [3.63, 3.8) is 0 Å². The lowest BCUT2D eigenvalue weighted by Gasteiger charge is -2.28. The van der Waals surface area contributed by atoms with Gasteiger partial charge in [-0.1, -0.05) is 50.2 Å². The Morgan fingerprint density at radius 3 is 2.11 bits per heavy atom. The SMILES string of the molecule is CC(C)c1ccccc1OCCNC(=O)[C@@H](C)N(c1ccc(Oc2ccccc2)cc1)S(C)(=O)=O. The molecule has 0 aliphatic rings. The van der Waals surface area contributed by atoms with E-state index in [4.69, 9.17) is 9.47 Å². The predicted molar refractivity (Wildman–Crippen MR) is 139 cm³/mol. The summed E-state index contributed by atoms with van der Waals surface area (Å²) in [5, 5.41) is 2.77. The van der Waals surface area contributed by atoms with Crippen molar-refractivity contribution in [3.8, 4) is 17.2 Å². The number of hydrogen-bond donors (Lipinski definition) is 1. The van der Waals surface area contributed by atoms with Crippen LogP contribution in [0.5, 0.6) is 17.2 Å². The van der Waals surface area contributed by atoms with Gasteiger partial charge in [0.15, 0.2) is 0 Å². The number of rotatable bonds is 11. The van der Waals surface area contributed by atoms with Crippen LogP contribution >= 0.6 is 0 Å². The van der Waals surface area contributed by atoms with Crippen LogP contribution in [0, 0.1) is 0 Å². The maximum atomic E-state index is 12.8. The Balaban J connectivity index is 1.62. The van der Waals surface area contributed by atoms with E-state index in [0.717, 1.165) is 21.9 Å². The summed E-state index contributed by atoms with van der Waals surface area (Å²) < 4.78 is 37.8. The largest absolute Gasteiger partial charge is 0.491 e. The van der Waals surface area contributed by atoms with Gasteiger partial charge in [-0.05, 0) is 60.9 Å². The summed E-state index contributed by atoms with van der Waals surface area (Å²) in [6, 6.07) is 22.7. The Labute approximate surface area is 207 Å². The van der Waals surface area contributed by atoms with E-state index in [1.54, 1.807) is 31.2 Å². The number of sulfonamides is 1. The van der Waals surface area contributed by atoms with Gasteiger partial charge >= 0.3 is 0 Å². The average Bonchev–Trinajstić information content (AvgIpc) is 2.83. The molecular weight excluding hydrogens is 464 g/mol. The molecule has 0 spiro atoms. The number of ether oxygens (including phenoxy) is 2. The topological polar surface area (TPSA) is 84.9 Å². The summed E-state index contributed by atoms with van der Waals surface area (Å²) >= 11 is 0. The van der Waals surface area contributed by atoms with Crippen LogP contribution in [-0.2, 0) is 14.8 Å². The fraction of sp³-hybridized carbons (Fsp3) is 0.296. The number of carbonyl (C=O) groups excluding carboxylic acids is 1. The van der Waals surface area contributed by atoms with Crippen LogP contribution < -0.4 is 19.1 Å². The molecule has 0 fully saturated rings. The first-order chi connectivity index (χ1) is 16.7. The molecule has 0 saturated carbocycles. The normalized spacial score (nSPS) is 12.1. The van der Waals surface area contributed by atoms with Crippen LogP contribution in [0.1, 0.15) is 32.3 Å². The quantitative estimate of drug-likeness (QED) is 0.380. The first-order valence-corrected chi connectivity index (χ1v) is 13.3. The van der Waals surface area contributed by atoms with Gasteiger partial charge in [-0.3, -0.25) is 9.10 Å². The highest BCUT2D eigenvalue weighted by Crippen LogP contribution is 2.27. The van der Waals surface area contributed by atoms with Crippen molar-refractivity contribution in [3.05, 3.63) is 84.4 Å². The predicted octanol–water partition coefficient (Wildman–Crippen LogP) is 4.95. The van der Waals surface area contributed by atoms with E-state index < -0.39 is 22.0 Å². The summed E-state index contributed by atoms with van der Waals surface area (Å²) in [5.41, 5.74) is 1.47. The Hall–Kier alpha value is -3.52. The Bertz CT molecular complexity index is 1210. The number of amides is 1. The first kappa shape index (κ1) is 26.1. The minimum Gasteiger partial charge on any atom is -0.491 e. The lowest BCUT2D eigenvalue weighted by atomic mass is 10.0. The minimum atomic E-state index is -3.72. The molecule has 0 saturated heterocycles. The molecule has 8 heteroatoms. The van der Waals surface area contributed by atoms with E-state index in [0.29, 0.717) is 23.1 Å². The molecule has 35 heavy (non-hydrogen) atoms. The fourth-order valence-electron chi connectivity index (χ4n) is 3.67. The summed E-state index contributed by atoms with van der Waals surface area (Å²) in [7, 11) is -3.72. The van der Waals surface area contributed by atoms with Crippen molar-refractivity contribution in [2.24, 2.45) is 0 Å². The molecule has 0 bridgehead atoms. The van der Waals surface area contributed by atoms with Crippen LogP contribution in [0.15, 0.2) is 78.9 Å². The third kappa shape index (κ3) is 7.23. The zero-order chi connectivity index (χ0) is 25.4. The van der Waals surface area contributed by atoms with E-state index in [-0.39, 0.29) is 13.2 Å². The number of nitrogens with one attached hydrogen (secondary N) is 1. The van der Waals surface area contributed by atoms with Gasteiger partial charge in [-0.25, -0.2) is 8.42 Å². The lowest BCUT2D eigenvalue weighted by molar-refractivity contribution is -0.121. The van der Waals surface area contributed by atoms with E-state index in [2.05, 4.69) is 19.2 Å². The summed E-state index contributed by atoms with van der Waals surface area (Å²) in [6.07, 6.45) is 1.08. The van der Waals surface area contributed by atoms with E-state index in [9.17, 15) is 13.2 Å². The summed E-state index contributed by atoms with van der Waals surface area (Å²) in [5.74, 6) is 1.91. The van der Waals surface area contributed by atoms with E-state index >= 15 is 0 Å². The average molecular weight is 497 g/mol. The second-order valence-corrected chi connectivity index (χ2v) is 10.3. The maximum absolute atomic E-state index is 12.8. The summed E-state index contributed by atoms with van der Waals surface area (Å²) in [4.78, 5) is 12.8. The zero-order valence-electron chi connectivity index (χ0n) is 20.5. The number of anilines is 1. The molecule has 1 amide bonds. The molecular formula is C27H32N2O5S. The highest BCUT2D eigenvalue weighted by atomic mass is 32.2. The van der Waals surface area contributed by atoms with Gasteiger partial charge in [-0.15, -0.1) is 0 Å². The standard InChI is InChI=1S/C27H32N2O5S/c1-20(2)25-12-8-9-13-26(25)33-19-18-28-27(30)21(3)29(35(4,31)32)22-14-16-24(17-15-22)34-23-10-6-5-7-11-23/h5-17,20-21H,18-19H2,1-4H3,(H,28,30)/t21-/m1/s1. The third-order valence-corrected chi connectivity index (χ3v) is 6.60. The van der Waals surface area contributed by atoms with Crippen molar-refractivity contribution in [1.82, 2.24) is 5.32 Å². The fourth-order valence-corrected chi connectivity index (χ4v) is 4.84. The molecule has 0 unspecified atom stereocenters. The molecule has 1 atom stereocenters. The molecule has 186 valence electrons. The number of nitrogens with zero attached hydrogens (tertiary/aromatic N) is 1. The molecule has 0 radical (unpaired) electrons. The molecule has 1 N–H and O–H groups in total. The van der Waals surface area contributed by atoms with Gasteiger partial charge < -0.3 is 14.8 Å². The molecule has 3 aromatic rings. The molecule has 0 aliphatic carbocycles. The molecule has 0 heterocycles. The molecule has 7 nitrogen and oxygen atoms in total. The second kappa shape index (κ2) is 11.8. The van der Waals surface area contributed by atoms with Gasteiger partial charge in [0.1, 0.15) is 29.9 Å². The van der Waals surface area contributed by atoms with Crippen molar-refractivity contribution >= 4 is 21.6 Å². The lowest BCUT2D eigenvalue weighted by Crippen LogP contribution is -2.48. The van der Waals surface area contributed by atoms with Crippen molar-refractivity contribution < 1.29 is 22.7 Å². The van der Waals surface area contributed by atoms with E-state index in [1.807, 2.05) is 54.6 Å². The Morgan fingerprint density at radius 1 is 0.886 bits per heavy atom. The van der Waals surface area contributed by atoms with Gasteiger partial charge in [0.2, 0.25) is 15.9 Å². The van der Waals surface area contributed by atoms with Gasteiger partial charge in [0.05, 0.1) is 18.5 Å². The number of benzene rings is 3. The second-order valence-electron chi connectivity index (χ2n) is 8.48. The zero-order valence-corrected chi connectivity index (χ0v) is 21.3. The van der Waals surface area contributed by atoms with Crippen LogP contribution in [0.3, 0.4) is 0 Å². The van der Waals surface area contributed by atoms with Crippen LogP contribution in [0.2, 0.25) is 0 Å². The molecule has 0 aromatic heterocycles. The van der Waals surface area contributed by atoms with Crippen LogP contribution in [0.25, 0.3) is 0 Å². The Kier molecular flexibility index (Phi) is 8.76. The monoisotopic (exact) mass is 496 g/mol.